The molecule has 146 valence electrons. The predicted molar refractivity (Wildman–Crippen MR) is 115 cm³/mol. The molecule has 0 amide bonds. The lowest BCUT2D eigenvalue weighted by molar-refractivity contribution is 0.482. The highest BCUT2D eigenvalue weighted by Gasteiger charge is 2.32. The Bertz CT molecular complexity index is 1050. The predicted octanol–water partition coefficient (Wildman–Crippen LogP) is 4.04. The van der Waals surface area contributed by atoms with Gasteiger partial charge in [0, 0.05) is 17.1 Å². The van der Waals surface area contributed by atoms with E-state index in [1.54, 1.807) is 22.5 Å². The molecule has 1 atom stereocenters. The van der Waals surface area contributed by atoms with E-state index in [4.69, 9.17) is 0 Å². The third kappa shape index (κ3) is 4.05. The second-order valence-electron chi connectivity index (χ2n) is 6.83. The standard InChI is InChI=1S/C19H21BrN6OS/c1-3-28-14-7-6-13(21-9-14)8-22-17-19(27)26(11(2)12-4-5-12)18-16(25-17)23-10-15(20)24-18/h6-7,9-12H,3-5,8H2,1-2H3,(H,22,23,25). The van der Waals surface area contributed by atoms with Crippen LogP contribution < -0.4 is 10.9 Å². The van der Waals surface area contributed by atoms with E-state index in [2.05, 4.69) is 55.0 Å². The largest absolute Gasteiger partial charge is 0.360 e. The molecule has 1 aliphatic carbocycles. The summed E-state index contributed by atoms with van der Waals surface area (Å²) in [5.41, 5.74) is 1.66. The summed E-state index contributed by atoms with van der Waals surface area (Å²) >= 11 is 5.10. The fraction of sp³-hybridized carbons (Fsp3) is 0.421. The quantitative estimate of drug-likeness (QED) is 0.532. The summed E-state index contributed by atoms with van der Waals surface area (Å²) in [6.45, 7) is 4.60. The van der Waals surface area contributed by atoms with E-state index in [0.717, 1.165) is 29.2 Å². The molecule has 1 saturated carbocycles. The number of anilines is 1. The number of fused-ring (bicyclic) bond motifs is 1. The molecule has 1 N–H and O–H groups in total. The Labute approximate surface area is 175 Å². The highest BCUT2D eigenvalue weighted by atomic mass is 79.9. The number of hydrogen-bond acceptors (Lipinski definition) is 7. The molecule has 0 aliphatic heterocycles. The zero-order valence-electron chi connectivity index (χ0n) is 15.7. The van der Waals surface area contributed by atoms with Crippen molar-refractivity contribution in [1.82, 2.24) is 24.5 Å². The molecule has 9 heteroatoms. The maximum Gasteiger partial charge on any atom is 0.295 e. The molecule has 0 aromatic carbocycles. The van der Waals surface area contributed by atoms with Gasteiger partial charge in [-0.1, -0.05) is 6.92 Å². The summed E-state index contributed by atoms with van der Waals surface area (Å²) in [5.74, 6) is 1.79. The maximum atomic E-state index is 13.2. The lowest BCUT2D eigenvalue weighted by Gasteiger charge is -2.17. The zero-order valence-corrected chi connectivity index (χ0v) is 18.1. The van der Waals surface area contributed by atoms with Crippen LogP contribution in [0.4, 0.5) is 5.82 Å². The van der Waals surface area contributed by atoms with Gasteiger partial charge in [0.05, 0.1) is 18.4 Å². The van der Waals surface area contributed by atoms with Gasteiger partial charge >= 0.3 is 0 Å². The molecule has 7 nitrogen and oxygen atoms in total. The average Bonchev–Trinajstić information content (AvgIpc) is 3.53. The van der Waals surface area contributed by atoms with Gasteiger partial charge in [0.15, 0.2) is 17.1 Å². The van der Waals surface area contributed by atoms with Crippen molar-refractivity contribution in [2.75, 3.05) is 11.1 Å². The number of hydrogen-bond donors (Lipinski definition) is 1. The smallest absolute Gasteiger partial charge is 0.295 e. The van der Waals surface area contributed by atoms with Crippen molar-refractivity contribution >= 4 is 44.8 Å². The average molecular weight is 461 g/mol. The van der Waals surface area contributed by atoms with Crippen molar-refractivity contribution in [2.45, 2.75) is 44.2 Å². The molecular formula is C19H21BrN6OS. The summed E-state index contributed by atoms with van der Waals surface area (Å²) in [4.78, 5) is 32.0. The van der Waals surface area contributed by atoms with Crippen molar-refractivity contribution in [1.29, 1.82) is 0 Å². The van der Waals surface area contributed by atoms with Crippen molar-refractivity contribution in [3.63, 3.8) is 0 Å². The Kier molecular flexibility index (Phi) is 5.63. The van der Waals surface area contributed by atoms with Crippen LogP contribution in [-0.2, 0) is 6.54 Å². The fourth-order valence-electron chi connectivity index (χ4n) is 3.18. The van der Waals surface area contributed by atoms with Crippen LogP contribution in [0.1, 0.15) is 38.4 Å². The van der Waals surface area contributed by atoms with E-state index in [9.17, 15) is 4.79 Å². The summed E-state index contributed by atoms with van der Waals surface area (Å²) in [6, 6.07) is 4.07. The molecule has 4 rings (SSSR count). The SMILES string of the molecule is CCSc1ccc(CNc2nc3ncc(Br)nc3n(C(C)C3CC3)c2=O)nc1. The number of nitrogens with one attached hydrogen (secondary N) is 1. The Morgan fingerprint density at radius 1 is 1.29 bits per heavy atom. The van der Waals surface area contributed by atoms with Crippen LogP contribution in [0.25, 0.3) is 11.3 Å². The molecule has 0 spiro atoms. The molecule has 3 aromatic heterocycles. The van der Waals surface area contributed by atoms with E-state index < -0.39 is 0 Å². The van der Waals surface area contributed by atoms with E-state index >= 15 is 0 Å². The third-order valence-electron chi connectivity index (χ3n) is 4.83. The number of pyridine rings is 1. The van der Waals surface area contributed by atoms with E-state index in [-0.39, 0.29) is 17.4 Å². The van der Waals surface area contributed by atoms with Gasteiger partial charge in [0.2, 0.25) is 0 Å². The van der Waals surface area contributed by atoms with E-state index in [1.807, 2.05) is 18.3 Å². The van der Waals surface area contributed by atoms with Crippen LogP contribution in [0.2, 0.25) is 0 Å². The molecule has 3 aromatic rings. The molecule has 3 heterocycles. The Morgan fingerprint density at radius 3 is 2.79 bits per heavy atom. The van der Waals surface area contributed by atoms with Gasteiger partial charge in [-0.2, -0.15) is 0 Å². The van der Waals surface area contributed by atoms with Gasteiger partial charge in [-0.05, 0) is 59.5 Å². The summed E-state index contributed by atoms with van der Waals surface area (Å²) in [6.07, 6.45) is 5.72. The molecule has 1 fully saturated rings. The maximum absolute atomic E-state index is 13.2. The Morgan fingerprint density at radius 2 is 2.11 bits per heavy atom. The Hall–Kier alpha value is -2.00. The first-order chi connectivity index (χ1) is 13.6. The van der Waals surface area contributed by atoms with Crippen LogP contribution in [0.3, 0.4) is 0 Å². The number of aromatic nitrogens is 5. The minimum Gasteiger partial charge on any atom is -0.360 e. The van der Waals surface area contributed by atoms with Crippen LogP contribution >= 0.6 is 27.7 Å². The number of nitrogens with zero attached hydrogens (tertiary/aromatic N) is 5. The van der Waals surface area contributed by atoms with Crippen molar-refractivity contribution in [2.24, 2.45) is 5.92 Å². The molecule has 0 saturated heterocycles. The summed E-state index contributed by atoms with van der Waals surface area (Å²) < 4.78 is 2.32. The molecule has 0 radical (unpaired) electrons. The van der Waals surface area contributed by atoms with Crippen molar-refractivity contribution in [3.05, 3.63) is 45.2 Å². The van der Waals surface area contributed by atoms with Gasteiger partial charge in [0.1, 0.15) is 4.60 Å². The minimum atomic E-state index is -0.169. The Balaban J connectivity index is 1.66. The molecule has 28 heavy (non-hydrogen) atoms. The van der Waals surface area contributed by atoms with Gasteiger partial charge in [-0.15, -0.1) is 11.8 Å². The lowest BCUT2D eigenvalue weighted by atomic mass is 10.2. The van der Waals surface area contributed by atoms with Crippen LogP contribution in [0, 0.1) is 5.92 Å². The summed E-state index contributed by atoms with van der Waals surface area (Å²) in [7, 11) is 0. The van der Waals surface area contributed by atoms with E-state index in [0.29, 0.717) is 28.4 Å². The third-order valence-corrected chi connectivity index (χ3v) is 6.08. The first-order valence-electron chi connectivity index (χ1n) is 9.33. The van der Waals surface area contributed by atoms with Gasteiger partial charge in [-0.3, -0.25) is 14.3 Å². The van der Waals surface area contributed by atoms with Crippen molar-refractivity contribution in [3.8, 4) is 0 Å². The van der Waals surface area contributed by atoms with Crippen LogP contribution in [-0.4, -0.2) is 30.3 Å². The monoisotopic (exact) mass is 460 g/mol. The van der Waals surface area contributed by atoms with Gasteiger partial charge < -0.3 is 5.32 Å². The number of halogens is 1. The number of rotatable bonds is 7. The fourth-order valence-corrected chi connectivity index (χ4v) is 4.08. The first kappa shape index (κ1) is 19.3. The van der Waals surface area contributed by atoms with Gasteiger partial charge in [-0.25, -0.2) is 15.0 Å². The second-order valence-corrected chi connectivity index (χ2v) is 8.98. The second kappa shape index (κ2) is 8.16. The molecule has 0 bridgehead atoms. The first-order valence-corrected chi connectivity index (χ1v) is 11.1. The van der Waals surface area contributed by atoms with Crippen LogP contribution in [0.5, 0.6) is 0 Å². The van der Waals surface area contributed by atoms with Crippen LogP contribution in [0.15, 0.2) is 38.8 Å². The molecular weight excluding hydrogens is 440 g/mol. The van der Waals surface area contributed by atoms with Crippen molar-refractivity contribution < 1.29 is 0 Å². The lowest BCUT2D eigenvalue weighted by Crippen LogP contribution is -2.29. The highest BCUT2D eigenvalue weighted by Crippen LogP contribution is 2.39. The van der Waals surface area contributed by atoms with E-state index in [1.165, 1.54) is 0 Å². The molecule has 1 unspecified atom stereocenters. The molecule has 1 aliphatic rings. The summed E-state index contributed by atoms with van der Waals surface area (Å²) in [5, 5.41) is 3.15. The topological polar surface area (TPSA) is 85.6 Å². The minimum absolute atomic E-state index is 0.0608. The number of thioether (sulfide) groups is 1. The normalized spacial score (nSPS) is 15.0. The highest BCUT2D eigenvalue weighted by molar-refractivity contribution is 9.10. The van der Waals surface area contributed by atoms with Gasteiger partial charge in [0.25, 0.3) is 5.56 Å². The zero-order chi connectivity index (χ0) is 19.7.